The molecule has 0 saturated carbocycles. The molecule has 0 fully saturated rings. The van der Waals surface area contributed by atoms with E-state index in [2.05, 4.69) is 15.9 Å². The summed E-state index contributed by atoms with van der Waals surface area (Å²) < 4.78 is 1.13. The minimum Gasteiger partial charge on any atom is -0.870 e. The van der Waals surface area contributed by atoms with Crippen LogP contribution < -0.4 is 0 Å². The van der Waals surface area contributed by atoms with Gasteiger partial charge >= 0.3 is 17.4 Å². The summed E-state index contributed by atoms with van der Waals surface area (Å²) in [6.45, 7) is 0. The van der Waals surface area contributed by atoms with Gasteiger partial charge in [-0.2, -0.15) is 0 Å². The summed E-state index contributed by atoms with van der Waals surface area (Å²) in [6, 6.07) is 9.97. The third kappa shape index (κ3) is 10.1. The zero-order valence-electron chi connectivity index (χ0n) is 5.68. The third-order valence-electron chi connectivity index (χ3n) is 0.733. The molecular weight excluding hydrogens is 227 g/mol. The molecule has 1 rings (SSSR count). The Labute approximate surface area is 84.6 Å². The molecule has 0 unspecified atom stereocenters. The molecular formula is C6H8AlBrO3. The summed E-state index contributed by atoms with van der Waals surface area (Å²) in [5.74, 6) is 0. The molecule has 3 N–H and O–H groups in total. The Morgan fingerprint density at radius 2 is 1.18 bits per heavy atom. The van der Waals surface area contributed by atoms with Crippen LogP contribution in [0.25, 0.3) is 0 Å². The van der Waals surface area contributed by atoms with Crippen molar-refractivity contribution in [3.63, 3.8) is 0 Å². The van der Waals surface area contributed by atoms with Crippen LogP contribution in [-0.4, -0.2) is 33.8 Å². The van der Waals surface area contributed by atoms with E-state index < -0.39 is 0 Å². The van der Waals surface area contributed by atoms with Gasteiger partial charge in [0.15, 0.2) is 0 Å². The van der Waals surface area contributed by atoms with Crippen LogP contribution in [0.1, 0.15) is 0 Å². The van der Waals surface area contributed by atoms with Gasteiger partial charge in [-0.25, -0.2) is 0 Å². The molecule has 0 heterocycles. The molecule has 0 saturated heterocycles. The van der Waals surface area contributed by atoms with Crippen molar-refractivity contribution in [3.05, 3.63) is 34.8 Å². The van der Waals surface area contributed by atoms with E-state index in [1.54, 1.807) is 0 Å². The Kier molecular flexibility index (Phi) is 26.1. The molecule has 60 valence electrons. The van der Waals surface area contributed by atoms with E-state index in [9.17, 15) is 0 Å². The number of hydrogen-bond acceptors (Lipinski definition) is 3. The van der Waals surface area contributed by atoms with Crippen molar-refractivity contribution in [3.8, 4) is 0 Å². The van der Waals surface area contributed by atoms with Crippen molar-refractivity contribution in [2.75, 3.05) is 0 Å². The largest absolute Gasteiger partial charge is 3.00 e. The molecule has 0 aliphatic carbocycles. The van der Waals surface area contributed by atoms with Crippen molar-refractivity contribution >= 4 is 33.3 Å². The fraction of sp³-hybridized carbons (Fsp3) is 0. The van der Waals surface area contributed by atoms with E-state index in [4.69, 9.17) is 0 Å². The maximum Gasteiger partial charge on any atom is 3.00 e. The predicted octanol–water partition coefficient (Wildman–Crippen LogP) is 1.54. The Bertz CT molecular complexity index is 148. The summed E-state index contributed by atoms with van der Waals surface area (Å²) in [5, 5.41) is 0. The predicted molar refractivity (Wildman–Crippen MR) is 45.7 cm³/mol. The van der Waals surface area contributed by atoms with E-state index in [0.717, 1.165) is 4.47 Å². The molecule has 0 bridgehead atoms. The van der Waals surface area contributed by atoms with Crippen molar-refractivity contribution in [2.45, 2.75) is 0 Å². The first-order valence-corrected chi connectivity index (χ1v) is 2.89. The molecule has 1 aromatic carbocycles. The molecule has 0 aliphatic heterocycles. The first kappa shape index (κ1) is 22.5. The quantitative estimate of drug-likeness (QED) is 0.638. The van der Waals surface area contributed by atoms with Crippen molar-refractivity contribution in [2.24, 2.45) is 0 Å². The van der Waals surface area contributed by atoms with Crippen molar-refractivity contribution < 1.29 is 16.4 Å². The van der Waals surface area contributed by atoms with Crippen LogP contribution in [-0.2, 0) is 0 Å². The first-order valence-electron chi connectivity index (χ1n) is 2.10. The fourth-order valence-corrected chi connectivity index (χ4v) is 0.720. The van der Waals surface area contributed by atoms with Crippen LogP contribution >= 0.6 is 15.9 Å². The number of rotatable bonds is 0. The molecule has 0 amide bonds. The van der Waals surface area contributed by atoms with Gasteiger partial charge in [-0.1, -0.05) is 34.1 Å². The second kappa shape index (κ2) is 12.8. The van der Waals surface area contributed by atoms with Crippen molar-refractivity contribution in [1.82, 2.24) is 0 Å². The van der Waals surface area contributed by atoms with Gasteiger partial charge < -0.3 is 16.4 Å². The van der Waals surface area contributed by atoms with Gasteiger partial charge in [0.2, 0.25) is 0 Å². The van der Waals surface area contributed by atoms with E-state index in [0.29, 0.717) is 0 Å². The molecule has 0 aromatic heterocycles. The molecule has 0 radical (unpaired) electrons. The second-order valence-corrected chi connectivity index (χ2v) is 2.21. The Hall–Kier alpha value is 0.112. The monoisotopic (exact) mass is 234 g/mol. The summed E-state index contributed by atoms with van der Waals surface area (Å²) in [4.78, 5) is 0. The summed E-state index contributed by atoms with van der Waals surface area (Å²) >= 11 is 3.31. The second-order valence-electron chi connectivity index (χ2n) is 1.30. The smallest absolute Gasteiger partial charge is 0.870 e. The summed E-state index contributed by atoms with van der Waals surface area (Å²) in [7, 11) is 0. The SMILES string of the molecule is Brc1ccccc1.[Al+3].[OH-].[OH-].[OH-]. The van der Waals surface area contributed by atoms with Crippen LogP contribution in [0.15, 0.2) is 34.8 Å². The van der Waals surface area contributed by atoms with Crippen LogP contribution in [0, 0.1) is 0 Å². The van der Waals surface area contributed by atoms with Gasteiger partial charge in [0.1, 0.15) is 0 Å². The Morgan fingerprint density at radius 1 is 0.818 bits per heavy atom. The molecule has 1 aromatic rings. The van der Waals surface area contributed by atoms with Gasteiger partial charge in [-0.15, -0.1) is 0 Å². The van der Waals surface area contributed by atoms with E-state index in [1.807, 2.05) is 30.3 Å². The van der Waals surface area contributed by atoms with Gasteiger partial charge in [-0.3, -0.25) is 0 Å². The van der Waals surface area contributed by atoms with Gasteiger partial charge in [-0.05, 0) is 12.1 Å². The normalized spacial score (nSPS) is 5.55. The fourth-order valence-electron chi connectivity index (χ4n) is 0.415. The molecule has 0 atom stereocenters. The van der Waals surface area contributed by atoms with Crippen LogP contribution in [0.5, 0.6) is 0 Å². The standard InChI is InChI=1S/C6H5Br.Al.3H2O/c7-6-4-2-1-3-5-6;;;;/h1-5H;;3*1H2/q;+3;;;/p-3. The molecule has 0 aliphatic rings. The van der Waals surface area contributed by atoms with E-state index in [1.165, 1.54) is 0 Å². The summed E-state index contributed by atoms with van der Waals surface area (Å²) in [5.41, 5.74) is 0. The van der Waals surface area contributed by atoms with Crippen LogP contribution in [0.4, 0.5) is 0 Å². The first-order chi connectivity index (χ1) is 3.39. The molecule has 0 spiro atoms. The molecule has 11 heavy (non-hydrogen) atoms. The maximum atomic E-state index is 3.31. The van der Waals surface area contributed by atoms with Gasteiger partial charge in [0, 0.05) is 4.47 Å². The zero-order valence-corrected chi connectivity index (χ0v) is 8.42. The average Bonchev–Trinajstić information content (AvgIpc) is 1.69. The average molecular weight is 235 g/mol. The van der Waals surface area contributed by atoms with Gasteiger partial charge in [0.25, 0.3) is 0 Å². The Balaban J connectivity index is -0.0000000612. The van der Waals surface area contributed by atoms with Crippen LogP contribution in [0.2, 0.25) is 0 Å². The maximum absolute atomic E-state index is 3.31. The van der Waals surface area contributed by atoms with E-state index >= 15 is 0 Å². The zero-order chi connectivity index (χ0) is 5.11. The number of halogens is 1. The van der Waals surface area contributed by atoms with Crippen molar-refractivity contribution in [1.29, 1.82) is 0 Å². The minimum atomic E-state index is 0. The number of benzene rings is 1. The third-order valence-corrected chi connectivity index (χ3v) is 1.26. The van der Waals surface area contributed by atoms with Gasteiger partial charge in [0.05, 0.1) is 0 Å². The topological polar surface area (TPSA) is 90.0 Å². The Morgan fingerprint density at radius 3 is 1.36 bits per heavy atom. The van der Waals surface area contributed by atoms with Crippen LogP contribution in [0.3, 0.4) is 0 Å². The molecule has 5 heteroatoms. The number of hydrogen-bond donors (Lipinski definition) is 0. The molecule has 3 nitrogen and oxygen atoms in total. The van der Waals surface area contributed by atoms with E-state index in [-0.39, 0.29) is 33.8 Å². The minimum absolute atomic E-state index is 0. The summed E-state index contributed by atoms with van der Waals surface area (Å²) in [6.07, 6.45) is 0.